The monoisotopic (exact) mass is 415 g/mol. The molecule has 0 heterocycles. The van der Waals surface area contributed by atoms with Gasteiger partial charge in [0.25, 0.3) is 5.91 Å². The molecule has 0 aliphatic rings. The highest BCUT2D eigenvalue weighted by molar-refractivity contribution is 5.95. The standard InChI is InChI=1S/C23H29NO6/c1-6-29-21-13-17(9-12-20(21)28-5)23(26)24-19(14-22(25)30-15(2)3)16-7-10-18(27-4)11-8-16/h7-13,15,19H,6,14H2,1-5H3,(H,24,26). The molecule has 1 unspecified atom stereocenters. The van der Waals surface area contributed by atoms with Crippen LogP contribution in [0, 0.1) is 0 Å². The normalized spacial score (nSPS) is 11.5. The van der Waals surface area contributed by atoms with E-state index in [0.29, 0.717) is 29.4 Å². The Morgan fingerprint density at radius 1 is 0.967 bits per heavy atom. The van der Waals surface area contributed by atoms with Gasteiger partial charge in [0.15, 0.2) is 11.5 Å². The minimum Gasteiger partial charge on any atom is -0.497 e. The molecule has 2 aromatic rings. The summed E-state index contributed by atoms with van der Waals surface area (Å²) in [6.45, 7) is 5.86. The van der Waals surface area contributed by atoms with E-state index < -0.39 is 12.0 Å². The first-order valence-corrected chi connectivity index (χ1v) is 9.83. The molecule has 7 nitrogen and oxygen atoms in total. The summed E-state index contributed by atoms with van der Waals surface area (Å²) in [7, 11) is 3.12. The Balaban J connectivity index is 2.26. The van der Waals surface area contributed by atoms with Gasteiger partial charge >= 0.3 is 5.97 Å². The Hall–Kier alpha value is -3.22. The Morgan fingerprint density at radius 2 is 1.67 bits per heavy atom. The van der Waals surface area contributed by atoms with Gasteiger partial charge in [-0.3, -0.25) is 9.59 Å². The molecule has 0 fully saturated rings. The summed E-state index contributed by atoms with van der Waals surface area (Å²) < 4.78 is 21.3. The number of benzene rings is 2. The van der Waals surface area contributed by atoms with Crippen LogP contribution in [0.1, 0.15) is 49.2 Å². The van der Waals surface area contributed by atoms with E-state index in [0.717, 1.165) is 5.56 Å². The number of hydrogen-bond acceptors (Lipinski definition) is 6. The highest BCUT2D eigenvalue weighted by atomic mass is 16.5. The van der Waals surface area contributed by atoms with Crippen molar-refractivity contribution < 1.29 is 28.5 Å². The van der Waals surface area contributed by atoms with Crippen LogP contribution in [-0.2, 0) is 9.53 Å². The summed E-state index contributed by atoms with van der Waals surface area (Å²) in [4.78, 5) is 25.2. The van der Waals surface area contributed by atoms with Crippen LogP contribution in [-0.4, -0.2) is 38.8 Å². The van der Waals surface area contributed by atoms with Crippen molar-refractivity contribution in [1.29, 1.82) is 0 Å². The van der Waals surface area contributed by atoms with Crippen LogP contribution >= 0.6 is 0 Å². The first-order valence-electron chi connectivity index (χ1n) is 9.83. The molecule has 30 heavy (non-hydrogen) atoms. The molecule has 0 aromatic heterocycles. The minimum absolute atomic E-state index is 0.00468. The Bertz CT molecular complexity index is 847. The maximum Gasteiger partial charge on any atom is 0.308 e. The van der Waals surface area contributed by atoms with Gasteiger partial charge in [-0.1, -0.05) is 12.1 Å². The summed E-state index contributed by atoms with van der Waals surface area (Å²) in [5.74, 6) is 0.978. The zero-order valence-electron chi connectivity index (χ0n) is 18.1. The van der Waals surface area contributed by atoms with E-state index in [1.54, 1.807) is 51.3 Å². The van der Waals surface area contributed by atoms with Crippen molar-refractivity contribution in [3.8, 4) is 17.2 Å². The molecule has 0 bridgehead atoms. The molecule has 0 radical (unpaired) electrons. The highest BCUT2D eigenvalue weighted by Gasteiger charge is 2.22. The fraction of sp³-hybridized carbons (Fsp3) is 0.391. The molecular formula is C23H29NO6. The molecule has 0 saturated carbocycles. The van der Waals surface area contributed by atoms with Crippen molar-refractivity contribution in [3.05, 3.63) is 53.6 Å². The lowest BCUT2D eigenvalue weighted by Crippen LogP contribution is -2.31. The SMILES string of the molecule is CCOc1cc(C(=O)NC(CC(=O)OC(C)C)c2ccc(OC)cc2)ccc1OC. The molecule has 0 aliphatic carbocycles. The highest BCUT2D eigenvalue weighted by Crippen LogP contribution is 2.29. The summed E-state index contributed by atoms with van der Waals surface area (Å²) in [5.41, 5.74) is 1.17. The first-order chi connectivity index (χ1) is 14.4. The molecule has 2 aromatic carbocycles. The number of esters is 1. The van der Waals surface area contributed by atoms with Crippen molar-refractivity contribution in [3.63, 3.8) is 0 Å². The number of ether oxygens (including phenoxy) is 4. The smallest absolute Gasteiger partial charge is 0.308 e. The number of carbonyl (C=O) groups is 2. The fourth-order valence-corrected chi connectivity index (χ4v) is 2.89. The fourth-order valence-electron chi connectivity index (χ4n) is 2.89. The molecule has 1 N–H and O–H groups in total. The second-order valence-electron chi connectivity index (χ2n) is 6.84. The summed E-state index contributed by atoms with van der Waals surface area (Å²) in [6, 6.07) is 11.6. The van der Waals surface area contributed by atoms with Crippen LogP contribution in [0.3, 0.4) is 0 Å². The Kier molecular flexibility index (Phi) is 8.53. The third-order valence-electron chi connectivity index (χ3n) is 4.29. The van der Waals surface area contributed by atoms with Gasteiger partial charge in [0, 0.05) is 5.56 Å². The van der Waals surface area contributed by atoms with Gasteiger partial charge in [0.1, 0.15) is 5.75 Å². The minimum atomic E-state index is -0.563. The summed E-state index contributed by atoms with van der Waals surface area (Å²) in [5, 5.41) is 2.92. The second kappa shape index (κ2) is 11.1. The lowest BCUT2D eigenvalue weighted by Gasteiger charge is -2.20. The molecule has 162 valence electrons. The molecule has 2 rings (SSSR count). The average Bonchev–Trinajstić information content (AvgIpc) is 2.73. The predicted octanol–water partition coefficient (Wildman–Crippen LogP) is 3.92. The molecule has 1 amide bonds. The van der Waals surface area contributed by atoms with Crippen molar-refractivity contribution >= 4 is 11.9 Å². The van der Waals surface area contributed by atoms with Gasteiger partial charge in [-0.2, -0.15) is 0 Å². The lowest BCUT2D eigenvalue weighted by atomic mass is 10.0. The van der Waals surface area contributed by atoms with Gasteiger partial charge in [-0.05, 0) is 56.7 Å². The van der Waals surface area contributed by atoms with Gasteiger partial charge < -0.3 is 24.3 Å². The average molecular weight is 415 g/mol. The van der Waals surface area contributed by atoms with Crippen LogP contribution in [0.25, 0.3) is 0 Å². The van der Waals surface area contributed by atoms with Gasteiger partial charge in [-0.15, -0.1) is 0 Å². The van der Waals surface area contributed by atoms with E-state index in [9.17, 15) is 9.59 Å². The van der Waals surface area contributed by atoms with Gasteiger partial charge in [-0.25, -0.2) is 0 Å². The molecule has 0 aliphatic heterocycles. The molecule has 7 heteroatoms. The third-order valence-corrected chi connectivity index (χ3v) is 4.29. The van der Waals surface area contributed by atoms with Crippen molar-refractivity contribution in [2.45, 2.75) is 39.3 Å². The van der Waals surface area contributed by atoms with Crippen LogP contribution < -0.4 is 19.5 Å². The Morgan fingerprint density at radius 3 is 2.23 bits per heavy atom. The van der Waals surface area contributed by atoms with E-state index in [1.165, 1.54) is 7.11 Å². The quantitative estimate of drug-likeness (QED) is 0.593. The number of hydrogen-bond donors (Lipinski definition) is 1. The van der Waals surface area contributed by atoms with Crippen LogP contribution in [0.5, 0.6) is 17.2 Å². The van der Waals surface area contributed by atoms with Crippen molar-refractivity contribution in [1.82, 2.24) is 5.32 Å². The maximum atomic E-state index is 12.9. The molecular weight excluding hydrogens is 386 g/mol. The lowest BCUT2D eigenvalue weighted by molar-refractivity contribution is -0.147. The first kappa shape index (κ1) is 23.1. The molecule has 1 atom stereocenters. The van der Waals surface area contributed by atoms with Crippen molar-refractivity contribution in [2.75, 3.05) is 20.8 Å². The number of nitrogens with one attached hydrogen (secondary N) is 1. The topological polar surface area (TPSA) is 83.1 Å². The summed E-state index contributed by atoms with van der Waals surface area (Å²) >= 11 is 0. The van der Waals surface area contributed by atoms with Crippen LogP contribution in [0.4, 0.5) is 0 Å². The Labute approximate surface area is 177 Å². The number of methoxy groups -OCH3 is 2. The van der Waals surface area contributed by atoms with Gasteiger partial charge in [0.2, 0.25) is 0 Å². The van der Waals surface area contributed by atoms with Gasteiger partial charge in [0.05, 0.1) is 39.4 Å². The number of amides is 1. The van der Waals surface area contributed by atoms with E-state index in [1.807, 2.05) is 19.1 Å². The van der Waals surface area contributed by atoms with Crippen molar-refractivity contribution in [2.24, 2.45) is 0 Å². The predicted molar refractivity (Wildman–Crippen MR) is 113 cm³/mol. The van der Waals surface area contributed by atoms with Crippen LogP contribution in [0.2, 0.25) is 0 Å². The summed E-state index contributed by atoms with van der Waals surface area (Å²) in [6.07, 6.45) is -0.231. The molecule has 0 saturated heterocycles. The zero-order chi connectivity index (χ0) is 22.1. The van der Waals surface area contributed by atoms with E-state index >= 15 is 0 Å². The second-order valence-corrected chi connectivity index (χ2v) is 6.84. The van der Waals surface area contributed by atoms with E-state index in [2.05, 4.69) is 5.32 Å². The van der Waals surface area contributed by atoms with E-state index in [4.69, 9.17) is 18.9 Å². The maximum absolute atomic E-state index is 12.9. The third kappa shape index (κ3) is 6.40. The van der Waals surface area contributed by atoms with E-state index in [-0.39, 0.29) is 18.4 Å². The number of rotatable bonds is 10. The van der Waals surface area contributed by atoms with Crippen LogP contribution in [0.15, 0.2) is 42.5 Å². The zero-order valence-corrected chi connectivity index (χ0v) is 18.1. The molecule has 0 spiro atoms. The largest absolute Gasteiger partial charge is 0.497 e. The number of carbonyl (C=O) groups excluding carboxylic acids is 2.